The van der Waals surface area contributed by atoms with Gasteiger partial charge in [-0.1, -0.05) is 50.9 Å². The first-order valence-corrected chi connectivity index (χ1v) is 6.44. The first kappa shape index (κ1) is 12.7. The number of rotatable bonds is 4. The Bertz CT molecular complexity index is 322. The van der Waals surface area contributed by atoms with E-state index in [1.807, 2.05) is 31.2 Å². The Hall–Kier alpha value is -0.350. The Morgan fingerprint density at radius 2 is 2.00 bits per heavy atom. The summed E-state index contributed by atoms with van der Waals surface area (Å²) in [7, 11) is 0. The second kappa shape index (κ2) is 6.28. The van der Waals surface area contributed by atoms with Crippen molar-refractivity contribution < 1.29 is 4.79 Å². The van der Waals surface area contributed by atoms with Crippen molar-refractivity contribution in [3.8, 4) is 0 Å². The van der Waals surface area contributed by atoms with Crippen LogP contribution in [0, 0.1) is 0 Å². The van der Waals surface area contributed by atoms with Gasteiger partial charge < -0.3 is 5.32 Å². The Kier molecular flexibility index (Phi) is 5.32. The topological polar surface area (TPSA) is 29.1 Å². The number of carbonyl (C=O) groups is 1. The predicted octanol–water partition coefficient (Wildman–Crippen LogP) is 2.89. The average Bonchev–Trinajstić information content (AvgIpc) is 2.19. The van der Waals surface area contributed by atoms with E-state index < -0.39 is 0 Å². The van der Waals surface area contributed by atoms with E-state index in [0.717, 1.165) is 10.0 Å². The number of amides is 1. The maximum atomic E-state index is 11.5. The fraction of sp³-hybridized carbons (Fsp3) is 0.364. The molecule has 1 rings (SSSR count). The van der Waals surface area contributed by atoms with Crippen molar-refractivity contribution in [2.45, 2.75) is 18.2 Å². The third kappa shape index (κ3) is 5.33. The average molecular weight is 335 g/mol. The molecular weight excluding hydrogens is 322 g/mol. The molecule has 0 bridgehead atoms. The Balaban J connectivity index is 2.41. The molecule has 0 spiro atoms. The first-order chi connectivity index (χ1) is 7.08. The molecule has 0 aliphatic rings. The minimum Gasteiger partial charge on any atom is -0.355 e. The van der Waals surface area contributed by atoms with E-state index in [1.165, 1.54) is 0 Å². The summed E-state index contributed by atoms with van der Waals surface area (Å²) >= 11 is 6.73. The van der Waals surface area contributed by atoms with Gasteiger partial charge in [0.05, 0.1) is 6.42 Å². The van der Waals surface area contributed by atoms with Crippen LogP contribution in [0.2, 0.25) is 0 Å². The van der Waals surface area contributed by atoms with E-state index in [2.05, 4.69) is 37.2 Å². The van der Waals surface area contributed by atoms with E-state index in [9.17, 15) is 4.79 Å². The fourth-order valence-electron chi connectivity index (χ4n) is 1.10. The van der Waals surface area contributed by atoms with E-state index in [1.54, 1.807) is 0 Å². The summed E-state index contributed by atoms with van der Waals surface area (Å²) in [5, 5.41) is 2.85. The normalized spacial score (nSPS) is 12.2. The van der Waals surface area contributed by atoms with Crippen LogP contribution in [0.1, 0.15) is 12.5 Å². The Morgan fingerprint density at radius 1 is 1.40 bits per heavy atom. The molecule has 15 heavy (non-hydrogen) atoms. The third-order valence-electron chi connectivity index (χ3n) is 1.86. The summed E-state index contributed by atoms with van der Waals surface area (Å²) in [6.07, 6.45) is 0.437. The zero-order valence-corrected chi connectivity index (χ0v) is 11.6. The molecule has 0 fully saturated rings. The van der Waals surface area contributed by atoms with Gasteiger partial charge in [0.2, 0.25) is 5.91 Å². The lowest BCUT2D eigenvalue weighted by Crippen LogP contribution is -2.29. The molecule has 82 valence electrons. The summed E-state index contributed by atoms with van der Waals surface area (Å²) in [6, 6.07) is 7.77. The van der Waals surface area contributed by atoms with Crippen LogP contribution in [0.3, 0.4) is 0 Å². The molecule has 1 unspecified atom stereocenters. The SMILES string of the molecule is CC(Br)CNC(=O)Cc1ccc(Br)cc1. The van der Waals surface area contributed by atoms with Gasteiger partial charge in [-0.3, -0.25) is 4.79 Å². The molecule has 1 aromatic rings. The van der Waals surface area contributed by atoms with Gasteiger partial charge in [-0.15, -0.1) is 0 Å². The zero-order chi connectivity index (χ0) is 11.3. The van der Waals surface area contributed by atoms with E-state index in [0.29, 0.717) is 17.8 Å². The van der Waals surface area contributed by atoms with Crippen LogP contribution < -0.4 is 5.32 Å². The second-order valence-electron chi connectivity index (χ2n) is 3.39. The zero-order valence-electron chi connectivity index (χ0n) is 8.47. The largest absolute Gasteiger partial charge is 0.355 e. The summed E-state index contributed by atoms with van der Waals surface area (Å²) in [6.45, 7) is 2.66. The third-order valence-corrected chi connectivity index (χ3v) is 2.71. The molecule has 4 heteroatoms. The van der Waals surface area contributed by atoms with Gasteiger partial charge in [-0.05, 0) is 17.7 Å². The lowest BCUT2D eigenvalue weighted by Gasteiger charge is -2.06. The number of benzene rings is 1. The molecular formula is C11H13Br2NO. The van der Waals surface area contributed by atoms with Crippen LogP contribution in [-0.2, 0) is 11.2 Å². The van der Waals surface area contributed by atoms with Crippen LogP contribution in [0.15, 0.2) is 28.7 Å². The van der Waals surface area contributed by atoms with Crippen LogP contribution in [0.4, 0.5) is 0 Å². The maximum absolute atomic E-state index is 11.5. The molecule has 1 N–H and O–H groups in total. The summed E-state index contributed by atoms with van der Waals surface area (Å²) in [4.78, 5) is 11.8. The first-order valence-electron chi connectivity index (χ1n) is 4.73. The number of halogens is 2. The smallest absolute Gasteiger partial charge is 0.224 e. The molecule has 0 aliphatic heterocycles. The van der Waals surface area contributed by atoms with E-state index in [-0.39, 0.29) is 5.91 Å². The fourth-order valence-corrected chi connectivity index (χ4v) is 1.53. The van der Waals surface area contributed by atoms with Crippen LogP contribution >= 0.6 is 31.9 Å². The van der Waals surface area contributed by atoms with Crippen LogP contribution in [0.5, 0.6) is 0 Å². The highest BCUT2D eigenvalue weighted by atomic mass is 79.9. The monoisotopic (exact) mass is 333 g/mol. The molecule has 2 nitrogen and oxygen atoms in total. The summed E-state index contributed by atoms with van der Waals surface area (Å²) in [5.41, 5.74) is 1.03. The standard InChI is InChI=1S/C11H13Br2NO/c1-8(12)7-14-11(15)6-9-2-4-10(13)5-3-9/h2-5,8H,6-7H2,1H3,(H,14,15). The molecule has 0 radical (unpaired) electrons. The molecule has 1 amide bonds. The molecule has 1 aromatic carbocycles. The van der Waals surface area contributed by atoms with Crippen molar-refractivity contribution in [2.24, 2.45) is 0 Å². The molecule has 0 aromatic heterocycles. The lowest BCUT2D eigenvalue weighted by atomic mass is 10.1. The molecule has 0 saturated heterocycles. The Labute approximate surface area is 107 Å². The highest BCUT2D eigenvalue weighted by Gasteiger charge is 2.04. The van der Waals surface area contributed by atoms with Gasteiger partial charge >= 0.3 is 0 Å². The van der Waals surface area contributed by atoms with Crippen LogP contribution in [-0.4, -0.2) is 17.3 Å². The second-order valence-corrected chi connectivity index (χ2v) is 5.87. The van der Waals surface area contributed by atoms with Crippen molar-refractivity contribution in [1.29, 1.82) is 0 Å². The molecule has 0 aliphatic carbocycles. The molecule has 1 atom stereocenters. The van der Waals surface area contributed by atoms with Gasteiger partial charge in [0.25, 0.3) is 0 Å². The van der Waals surface area contributed by atoms with Crippen molar-refractivity contribution in [3.05, 3.63) is 34.3 Å². The predicted molar refractivity (Wildman–Crippen MR) is 69.2 cm³/mol. The molecule has 0 heterocycles. The number of hydrogen-bond acceptors (Lipinski definition) is 1. The van der Waals surface area contributed by atoms with Crippen molar-refractivity contribution in [3.63, 3.8) is 0 Å². The molecule has 0 saturated carbocycles. The lowest BCUT2D eigenvalue weighted by molar-refractivity contribution is -0.120. The van der Waals surface area contributed by atoms with Gasteiger partial charge in [-0.2, -0.15) is 0 Å². The number of alkyl halides is 1. The number of hydrogen-bond donors (Lipinski definition) is 1. The van der Waals surface area contributed by atoms with Gasteiger partial charge in [-0.25, -0.2) is 0 Å². The minimum absolute atomic E-state index is 0.0589. The van der Waals surface area contributed by atoms with Crippen molar-refractivity contribution in [1.82, 2.24) is 5.32 Å². The quantitative estimate of drug-likeness (QED) is 0.843. The van der Waals surface area contributed by atoms with Crippen molar-refractivity contribution in [2.75, 3.05) is 6.54 Å². The van der Waals surface area contributed by atoms with Crippen molar-refractivity contribution >= 4 is 37.8 Å². The summed E-state index contributed by atoms with van der Waals surface area (Å²) in [5.74, 6) is 0.0589. The summed E-state index contributed by atoms with van der Waals surface area (Å²) < 4.78 is 1.03. The van der Waals surface area contributed by atoms with Gasteiger partial charge in [0.15, 0.2) is 0 Å². The number of carbonyl (C=O) groups excluding carboxylic acids is 1. The highest BCUT2D eigenvalue weighted by molar-refractivity contribution is 9.10. The Morgan fingerprint density at radius 3 is 2.53 bits per heavy atom. The van der Waals surface area contributed by atoms with E-state index >= 15 is 0 Å². The maximum Gasteiger partial charge on any atom is 0.224 e. The van der Waals surface area contributed by atoms with E-state index in [4.69, 9.17) is 0 Å². The number of nitrogens with one attached hydrogen (secondary N) is 1. The minimum atomic E-state index is 0.0589. The van der Waals surface area contributed by atoms with Gasteiger partial charge in [0.1, 0.15) is 0 Å². The van der Waals surface area contributed by atoms with Crippen LogP contribution in [0.25, 0.3) is 0 Å². The van der Waals surface area contributed by atoms with Gasteiger partial charge in [0, 0.05) is 15.8 Å². The highest BCUT2D eigenvalue weighted by Crippen LogP contribution is 2.10.